The molecule has 17 heavy (non-hydrogen) atoms. The Kier molecular flexibility index (Phi) is 3.22. The van der Waals surface area contributed by atoms with E-state index in [9.17, 15) is 0 Å². The summed E-state index contributed by atoms with van der Waals surface area (Å²) in [7, 11) is 3.53. The van der Waals surface area contributed by atoms with Crippen LogP contribution in [0.15, 0.2) is 24.7 Å². The van der Waals surface area contributed by atoms with Crippen LogP contribution < -0.4 is 10.1 Å². The van der Waals surface area contributed by atoms with Crippen LogP contribution in [-0.2, 0) is 7.05 Å². The van der Waals surface area contributed by atoms with Gasteiger partial charge in [0.25, 0.3) is 0 Å². The second-order valence-corrected chi connectivity index (χ2v) is 3.72. The Balaban J connectivity index is 2.18. The maximum absolute atomic E-state index is 5.23. The lowest BCUT2D eigenvalue weighted by Gasteiger charge is -2.15. The van der Waals surface area contributed by atoms with Gasteiger partial charge >= 0.3 is 0 Å². The number of hydrogen-bond acceptors (Lipinski definition) is 5. The summed E-state index contributed by atoms with van der Waals surface area (Å²) >= 11 is 0. The fourth-order valence-electron chi connectivity index (χ4n) is 1.62. The zero-order valence-electron chi connectivity index (χ0n) is 10.1. The van der Waals surface area contributed by atoms with Crippen molar-refractivity contribution in [2.75, 3.05) is 12.4 Å². The summed E-state index contributed by atoms with van der Waals surface area (Å²) in [5, 5.41) is 11.1. The predicted octanol–water partition coefficient (Wildman–Crippen LogP) is 1.39. The first kappa shape index (κ1) is 11.4. The van der Waals surface area contributed by atoms with E-state index in [1.807, 2.05) is 30.7 Å². The second-order valence-electron chi connectivity index (χ2n) is 3.72. The molecule has 2 aromatic heterocycles. The molecule has 6 heteroatoms. The summed E-state index contributed by atoms with van der Waals surface area (Å²) in [4.78, 5) is 4.24. The SMILES string of the molecule is COc1cccnc1NC(C)c1nncn1C. The van der Waals surface area contributed by atoms with Gasteiger partial charge in [-0.3, -0.25) is 0 Å². The first-order valence-corrected chi connectivity index (χ1v) is 5.32. The smallest absolute Gasteiger partial charge is 0.169 e. The van der Waals surface area contributed by atoms with Crippen LogP contribution in [0.5, 0.6) is 5.75 Å². The first-order chi connectivity index (χ1) is 8.22. The Bertz CT molecular complexity index is 496. The predicted molar refractivity (Wildman–Crippen MR) is 63.8 cm³/mol. The van der Waals surface area contributed by atoms with Crippen molar-refractivity contribution in [3.63, 3.8) is 0 Å². The molecule has 0 saturated heterocycles. The van der Waals surface area contributed by atoms with Gasteiger partial charge in [0, 0.05) is 13.2 Å². The minimum atomic E-state index is 0.00583. The number of ether oxygens (including phenoxy) is 1. The molecule has 0 spiro atoms. The molecule has 1 atom stereocenters. The number of rotatable bonds is 4. The van der Waals surface area contributed by atoms with E-state index in [0.717, 1.165) is 5.82 Å². The Morgan fingerprint density at radius 2 is 2.29 bits per heavy atom. The molecule has 0 saturated carbocycles. The molecular weight excluding hydrogens is 218 g/mol. The molecule has 0 radical (unpaired) electrons. The highest BCUT2D eigenvalue weighted by atomic mass is 16.5. The Labute approximate surface area is 99.7 Å². The topological polar surface area (TPSA) is 64.9 Å². The molecule has 6 nitrogen and oxygen atoms in total. The van der Waals surface area contributed by atoms with Gasteiger partial charge < -0.3 is 14.6 Å². The van der Waals surface area contributed by atoms with Crippen LogP contribution in [0, 0.1) is 0 Å². The van der Waals surface area contributed by atoms with Crippen molar-refractivity contribution in [1.82, 2.24) is 19.7 Å². The van der Waals surface area contributed by atoms with Crippen molar-refractivity contribution >= 4 is 5.82 Å². The fraction of sp³-hybridized carbons (Fsp3) is 0.364. The summed E-state index contributed by atoms with van der Waals surface area (Å²) in [6, 6.07) is 3.70. The van der Waals surface area contributed by atoms with Crippen molar-refractivity contribution in [2.45, 2.75) is 13.0 Å². The van der Waals surface area contributed by atoms with Crippen molar-refractivity contribution in [3.8, 4) is 5.75 Å². The maximum atomic E-state index is 5.23. The molecule has 0 aliphatic heterocycles. The molecule has 0 fully saturated rings. The van der Waals surface area contributed by atoms with Crippen LogP contribution >= 0.6 is 0 Å². The monoisotopic (exact) mass is 233 g/mol. The summed E-state index contributed by atoms with van der Waals surface area (Å²) in [6.45, 7) is 2.00. The van der Waals surface area contributed by atoms with Crippen molar-refractivity contribution in [2.24, 2.45) is 7.05 Å². The summed E-state index contributed by atoms with van der Waals surface area (Å²) in [5.74, 6) is 2.25. The van der Waals surface area contributed by atoms with E-state index in [-0.39, 0.29) is 6.04 Å². The van der Waals surface area contributed by atoms with E-state index in [0.29, 0.717) is 11.6 Å². The van der Waals surface area contributed by atoms with Gasteiger partial charge in [-0.15, -0.1) is 10.2 Å². The number of pyridine rings is 1. The van der Waals surface area contributed by atoms with Gasteiger partial charge in [0.1, 0.15) is 6.33 Å². The Hall–Kier alpha value is -2.11. The van der Waals surface area contributed by atoms with Gasteiger partial charge in [0.05, 0.1) is 13.2 Å². The second kappa shape index (κ2) is 4.82. The highest BCUT2D eigenvalue weighted by Gasteiger charge is 2.13. The summed E-state index contributed by atoms with van der Waals surface area (Å²) < 4.78 is 7.09. The highest BCUT2D eigenvalue weighted by molar-refractivity contribution is 5.50. The van der Waals surface area contributed by atoms with Crippen LogP contribution in [0.4, 0.5) is 5.82 Å². The van der Waals surface area contributed by atoms with Gasteiger partial charge in [-0.1, -0.05) is 0 Å². The highest BCUT2D eigenvalue weighted by Crippen LogP contribution is 2.24. The van der Waals surface area contributed by atoms with Crippen LogP contribution in [0.3, 0.4) is 0 Å². The zero-order valence-corrected chi connectivity index (χ0v) is 10.1. The van der Waals surface area contributed by atoms with E-state index in [4.69, 9.17) is 4.74 Å². The molecule has 0 aliphatic rings. The molecule has 2 heterocycles. The van der Waals surface area contributed by atoms with Gasteiger partial charge in [-0.25, -0.2) is 4.98 Å². The number of anilines is 1. The third kappa shape index (κ3) is 2.35. The maximum Gasteiger partial charge on any atom is 0.169 e. The molecule has 2 rings (SSSR count). The van der Waals surface area contributed by atoms with E-state index < -0.39 is 0 Å². The Morgan fingerprint density at radius 1 is 1.47 bits per heavy atom. The molecule has 90 valence electrons. The van der Waals surface area contributed by atoms with Crippen molar-refractivity contribution in [3.05, 3.63) is 30.5 Å². The van der Waals surface area contributed by atoms with E-state index in [1.165, 1.54) is 0 Å². The largest absolute Gasteiger partial charge is 0.493 e. The average Bonchev–Trinajstić information content (AvgIpc) is 2.76. The molecule has 0 aromatic carbocycles. The zero-order chi connectivity index (χ0) is 12.3. The number of nitrogens with zero attached hydrogens (tertiary/aromatic N) is 4. The van der Waals surface area contributed by atoms with Crippen LogP contribution in [0.1, 0.15) is 18.8 Å². The third-order valence-corrected chi connectivity index (χ3v) is 2.48. The molecule has 2 aromatic rings. The molecule has 1 N–H and O–H groups in total. The van der Waals surface area contributed by atoms with Crippen molar-refractivity contribution < 1.29 is 4.74 Å². The fourth-order valence-corrected chi connectivity index (χ4v) is 1.62. The van der Waals surface area contributed by atoms with Crippen LogP contribution in [0.25, 0.3) is 0 Å². The standard InChI is InChI=1S/C11H15N5O/c1-8(11-15-13-7-16(11)2)14-10-9(17-3)5-4-6-12-10/h4-8H,1-3H3,(H,12,14). The molecular formula is C11H15N5O. The van der Waals surface area contributed by atoms with Gasteiger partial charge in [-0.2, -0.15) is 0 Å². The van der Waals surface area contributed by atoms with E-state index >= 15 is 0 Å². The summed E-state index contributed by atoms with van der Waals surface area (Å²) in [6.07, 6.45) is 3.39. The number of nitrogens with one attached hydrogen (secondary N) is 1. The lowest BCUT2D eigenvalue weighted by molar-refractivity contribution is 0.414. The number of aromatic nitrogens is 4. The third-order valence-electron chi connectivity index (χ3n) is 2.48. The van der Waals surface area contributed by atoms with Crippen LogP contribution in [0.2, 0.25) is 0 Å². The molecule has 0 amide bonds. The molecule has 1 unspecified atom stereocenters. The van der Waals surface area contributed by atoms with E-state index in [2.05, 4.69) is 20.5 Å². The lowest BCUT2D eigenvalue weighted by Crippen LogP contribution is -2.13. The van der Waals surface area contributed by atoms with Gasteiger partial charge in [0.2, 0.25) is 0 Å². The quantitative estimate of drug-likeness (QED) is 0.864. The number of aryl methyl sites for hydroxylation is 1. The van der Waals surface area contributed by atoms with Crippen LogP contribution in [-0.4, -0.2) is 26.9 Å². The number of hydrogen-bond donors (Lipinski definition) is 1. The van der Waals surface area contributed by atoms with E-state index in [1.54, 1.807) is 19.6 Å². The van der Waals surface area contributed by atoms with Crippen molar-refractivity contribution in [1.29, 1.82) is 0 Å². The molecule has 0 bridgehead atoms. The Morgan fingerprint density at radius 3 is 2.94 bits per heavy atom. The number of methoxy groups -OCH3 is 1. The minimum absolute atomic E-state index is 0.00583. The molecule has 0 aliphatic carbocycles. The van der Waals surface area contributed by atoms with Gasteiger partial charge in [-0.05, 0) is 19.1 Å². The first-order valence-electron chi connectivity index (χ1n) is 5.32. The normalized spacial score (nSPS) is 12.2. The average molecular weight is 233 g/mol. The lowest BCUT2D eigenvalue weighted by atomic mass is 10.3. The van der Waals surface area contributed by atoms with Gasteiger partial charge in [0.15, 0.2) is 17.4 Å². The minimum Gasteiger partial charge on any atom is -0.493 e. The summed E-state index contributed by atoms with van der Waals surface area (Å²) in [5.41, 5.74) is 0.